The average Bonchev–Trinajstić information content (AvgIpc) is 2.35. The maximum Gasteiger partial charge on any atom is 0.340 e. The molecule has 0 spiro atoms. The number of benzene rings is 1. The van der Waals surface area contributed by atoms with Crippen molar-refractivity contribution in [3.05, 3.63) is 35.1 Å². The van der Waals surface area contributed by atoms with E-state index in [0.717, 1.165) is 31.5 Å². The Bertz CT molecular complexity index is 380. The van der Waals surface area contributed by atoms with Crippen LogP contribution in [0.25, 0.3) is 0 Å². The lowest BCUT2D eigenvalue weighted by molar-refractivity contribution is 0.0595. The minimum absolute atomic E-state index is 0.00782. The number of hydrogen-bond acceptors (Lipinski definition) is 3. The van der Waals surface area contributed by atoms with E-state index in [1.165, 1.54) is 13.2 Å². The highest BCUT2D eigenvalue weighted by atomic mass is 19.1. The van der Waals surface area contributed by atoms with E-state index in [4.69, 9.17) is 0 Å². The van der Waals surface area contributed by atoms with E-state index in [2.05, 4.69) is 10.1 Å². The van der Waals surface area contributed by atoms with Gasteiger partial charge in [-0.2, -0.15) is 0 Å². The fourth-order valence-corrected chi connectivity index (χ4v) is 1.59. The minimum Gasteiger partial charge on any atom is -0.465 e. The lowest BCUT2D eigenvalue weighted by Crippen LogP contribution is -2.14. The first-order chi connectivity index (χ1) is 8.19. The summed E-state index contributed by atoms with van der Waals surface area (Å²) in [6.07, 6.45) is 1.78. The molecule has 0 heterocycles. The summed E-state index contributed by atoms with van der Waals surface area (Å²) in [5.41, 5.74) is 0.957. The molecule has 0 radical (unpaired) electrons. The van der Waals surface area contributed by atoms with Crippen LogP contribution in [-0.2, 0) is 11.2 Å². The summed E-state index contributed by atoms with van der Waals surface area (Å²) in [7, 11) is 1.25. The number of nitrogens with one attached hydrogen (secondary N) is 1. The molecular formula is C13H18FNO2. The Morgan fingerprint density at radius 1 is 1.47 bits per heavy atom. The highest BCUT2D eigenvalue weighted by Gasteiger charge is 2.12. The number of esters is 1. The van der Waals surface area contributed by atoms with Crippen molar-refractivity contribution in [2.24, 2.45) is 0 Å². The van der Waals surface area contributed by atoms with E-state index in [1.54, 1.807) is 12.1 Å². The predicted molar refractivity (Wildman–Crippen MR) is 64.6 cm³/mol. The predicted octanol–water partition coefficient (Wildman–Crippen LogP) is 2.15. The summed E-state index contributed by atoms with van der Waals surface area (Å²) in [4.78, 5) is 11.3. The lowest BCUT2D eigenvalue weighted by Gasteiger charge is -2.06. The molecule has 1 rings (SSSR count). The SMILES string of the molecule is CCNCCCc1ccc(F)c(C(=O)OC)c1. The Labute approximate surface area is 101 Å². The van der Waals surface area contributed by atoms with Crippen LogP contribution < -0.4 is 5.32 Å². The zero-order chi connectivity index (χ0) is 12.7. The van der Waals surface area contributed by atoms with Gasteiger partial charge in [-0.1, -0.05) is 13.0 Å². The third-order valence-corrected chi connectivity index (χ3v) is 2.51. The van der Waals surface area contributed by atoms with E-state index in [1.807, 2.05) is 6.92 Å². The Balaban J connectivity index is 2.65. The zero-order valence-corrected chi connectivity index (χ0v) is 10.3. The third kappa shape index (κ3) is 4.15. The molecule has 1 aromatic carbocycles. The molecule has 0 atom stereocenters. The third-order valence-electron chi connectivity index (χ3n) is 2.51. The van der Waals surface area contributed by atoms with Gasteiger partial charge >= 0.3 is 5.97 Å². The lowest BCUT2D eigenvalue weighted by atomic mass is 10.1. The topological polar surface area (TPSA) is 38.3 Å². The Hall–Kier alpha value is -1.42. The molecule has 94 valence electrons. The highest BCUT2D eigenvalue weighted by molar-refractivity contribution is 5.89. The van der Waals surface area contributed by atoms with E-state index in [9.17, 15) is 9.18 Å². The monoisotopic (exact) mass is 239 g/mol. The second-order valence-corrected chi connectivity index (χ2v) is 3.76. The first-order valence-corrected chi connectivity index (χ1v) is 5.76. The van der Waals surface area contributed by atoms with Crippen molar-refractivity contribution in [3.8, 4) is 0 Å². The Morgan fingerprint density at radius 3 is 2.88 bits per heavy atom. The Kier molecular flexibility index (Phi) is 5.63. The van der Waals surface area contributed by atoms with Gasteiger partial charge in [0.2, 0.25) is 0 Å². The number of methoxy groups -OCH3 is 1. The van der Waals surface area contributed by atoms with Crippen molar-refractivity contribution >= 4 is 5.97 Å². The average molecular weight is 239 g/mol. The molecule has 0 amide bonds. The van der Waals surface area contributed by atoms with Crippen LogP contribution in [0.5, 0.6) is 0 Å². The van der Waals surface area contributed by atoms with E-state index < -0.39 is 11.8 Å². The summed E-state index contributed by atoms with van der Waals surface area (Å²) in [5, 5.41) is 3.21. The van der Waals surface area contributed by atoms with Crippen molar-refractivity contribution in [2.75, 3.05) is 20.2 Å². The van der Waals surface area contributed by atoms with E-state index in [0.29, 0.717) is 0 Å². The number of halogens is 1. The molecule has 0 aliphatic carbocycles. The van der Waals surface area contributed by atoms with Gasteiger partial charge < -0.3 is 10.1 Å². The molecule has 0 bridgehead atoms. The molecule has 17 heavy (non-hydrogen) atoms. The number of rotatable bonds is 6. The maximum absolute atomic E-state index is 13.3. The maximum atomic E-state index is 13.3. The number of ether oxygens (including phenoxy) is 1. The van der Waals surface area contributed by atoms with Crippen LogP contribution >= 0.6 is 0 Å². The summed E-state index contributed by atoms with van der Waals surface area (Å²) in [6, 6.07) is 4.58. The van der Waals surface area contributed by atoms with Crippen LogP contribution in [0.2, 0.25) is 0 Å². The number of aryl methyl sites for hydroxylation is 1. The van der Waals surface area contributed by atoms with Crippen molar-refractivity contribution in [1.29, 1.82) is 0 Å². The quantitative estimate of drug-likeness (QED) is 0.610. The minimum atomic E-state index is -0.629. The van der Waals surface area contributed by atoms with Gasteiger partial charge in [-0.05, 0) is 43.6 Å². The van der Waals surface area contributed by atoms with Crippen molar-refractivity contribution < 1.29 is 13.9 Å². The van der Waals surface area contributed by atoms with Gasteiger partial charge in [0.05, 0.1) is 12.7 Å². The molecule has 0 saturated heterocycles. The van der Waals surface area contributed by atoms with Crippen LogP contribution in [0.4, 0.5) is 4.39 Å². The summed E-state index contributed by atoms with van der Waals surface area (Å²) in [6.45, 7) is 3.91. The molecular weight excluding hydrogens is 221 g/mol. The second-order valence-electron chi connectivity index (χ2n) is 3.76. The van der Waals surface area contributed by atoms with Gasteiger partial charge in [0.15, 0.2) is 0 Å². The first-order valence-electron chi connectivity index (χ1n) is 5.76. The van der Waals surface area contributed by atoms with Crippen molar-refractivity contribution in [2.45, 2.75) is 19.8 Å². The molecule has 4 heteroatoms. The second kappa shape index (κ2) is 7.01. The van der Waals surface area contributed by atoms with Crippen LogP contribution in [-0.4, -0.2) is 26.2 Å². The molecule has 0 aliphatic heterocycles. The van der Waals surface area contributed by atoms with Crippen LogP contribution in [0.3, 0.4) is 0 Å². The van der Waals surface area contributed by atoms with Crippen LogP contribution in [0.1, 0.15) is 29.3 Å². The molecule has 0 aromatic heterocycles. The van der Waals surface area contributed by atoms with Crippen LogP contribution in [0, 0.1) is 5.82 Å². The summed E-state index contributed by atoms with van der Waals surface area (Å²) >= 11 is 0. The van der Waals surface area contributed by atoms with Crippen molar-refractivity contribution in [3.63, 3.8) is 0 Å². The largest absolute Gasteiger partial charge is 0.465 e. The van der Waals surface area contributed by atoms with Gasteiger partial charge in [-0.25, -0.2) is 9.18 Å². The van der Waals surface area contributed by atoms with E-state index >= 15 is 0 Å². The molecule has 1 N–H and O–H groups in total. The number of carbonyl (C=O) groups is 1. The molecule has 3 nitrogen and oxygen atoms in total. The van der Waals surface area contributed by atoms with Gasteiger partial charge in [0, 0.05) is 0 Å². The van der Waals surface area contributed by atoms with E-state index in [-0.39, 0.29) is 5.56 Å². The molecule has 1 aromatic rings. The summed E-state index contributed by atoms with van der Waals surface area (Å²) < 4.78 is 17.9. The fourth-order valence-electron chi connectivity index (χ4n) is 1.59. The molecule has 0 aliphatic rings. The normalized spacial score (nSPS) is 10.3. The zero-order valence-electron chi connectivity index (χ0n) is 10.3. The van der Waals surface area contributed by atoms with Crippen molar-refractivity contribution in [1.82, 2.24) is 5.32 Å². The first kappa shape index (κ1) is 13.6. The number of carbonyl (C=O) groups excluding carboxylic acids is 1. The smallest absolute Gasteiger partial charge is 0.340 e. The molecule has 0 saturated carbocycles. The van der Waals surface area contributed by atoms with Crippen LogP contribution in [0.15, 0.2) is 18.2 Å². The summed E-state index contributed by atoms with van der Waals surface area (Å²) in [5.74, 6) is -1.16. The highest BCUT2D eigenvalue weighted by Crippen LogP contribution is 2.13. The fraction of sp³-hybridized carbons (Fsp3) is 0.462. The van der Waals surface area contributed by atoms with Gasteiger partial charge in [-0.15, -0.1) is 0 Å². The Morgan fingerprint density at radius 2 is 2.24 bits per heavy atom. The van der Waals surface area contributed by atoms with Gasteiger partial charge in [0.25, 0.3) is 0 Å². The van der Waals surface area contributed by atoms with Gasteiger partial charge in [-0.3, -0.25) is 0 Å². The molecule has 0 unspecified atom stereocenters. The molecule has 0 fully saturated rings. The van der Waals surface area contributed by atoms with Gasteiger partial charge in [0.1, 0.15) is 5.82 Å². The standard InChI is InChI=1S/C13H18FNO2/c1-3-15-8-4-5-10-6-7-12(14)11(9-10)13(16)17-2/h6-7,9,15H,3-5,8H2,1-2H3. The number of hydrogen-bond donors (Lipinski definition) is 1.